The largest absolute Gasteiger partial charge is 0.493 e. The van der Waals surface area contributed by atoms with Crippen molar-refractivity contribution >= 4 is 22.8 Å². The number of aliphatic carboxylic acids is 1. The van der Waals surface area contributed by atoms with Gasteiger partial charge in [0.05, 0.1) is 25.2 Å². The summed E-state index contributed by atoms with van der Waals surface area (Å²) in [4.78, 5) is 24.5. The monoisotopic (exact) mass is 457 g/mol. The molecule has 0 atom stereocenters. The van der Waals surface area contributed by atoms with Gasteiger partial charge in [-0.15, -0.1) is 0 Å². The Morgan fingerprint density at radius 2 is 1.65 bits per heavy atom. The van der Waals surface area contributed by atoms with Gasteiger partial charge in [0.1, 0.15) is 5.75 Å². The summed E-state index contributed by atoms with van der Waals surface area (Å²) in [5, 5.41) is 9.97. The summed E-state index contributed by atoms with van der Waals surface area (Å²) in [7, 11) is 1.68. The van der Waals surface area contributed by atoms with Crippen molar-refractivity contribution in [3.63, 3.8) is 0 Å². The van der Waals surface area contributed by atoms with E-state index >= 15 is 0 Å². The minimum atomic E-state index is -0.900. The Hall–Kier alpha value is -3.90. The molecule has 1 heterocycles. The van der Waals surface area contributed by atoms with Crippen LogP contribution < -0.4 is 4.74 Å². The predicted molar refractivity (Wildman–Crippen MR) is 131 cm³/mol. The quantitative estimate of drug-likeness (QED) is 0.381. The number of aromatic nitrogens is 1. The van der Waals surface area contributed by atoms with Crippen molar-refractivity contribution in [3.8, 4) is 5.75 Å². The van der Waals surface area contributed by atoms with E-state index in [1.807, 2.05) is 19.1 Å². The molecule has 0 amide bonds. The van der Waals surface area contributed by atoms with Gasteiger partial charge < -0.3 is 14.6 Å². The van der Waals surface area contributed by atoms with E-state index in [0.29, 0.717) is 35.6 Å². The average molecular weight is 458 g/mol. The van der Waals surface area contributed by atoms with Gasteiger partial charge in [-0.1, -0.05) is 36.4 Å². The van der Waals surface area contributed by atoms with Crippen molar-refractivity contribution in [1.29, 1.82) is 0 Å². The average Bonchev–Trinajstić information content (AvgIpc) is 3.17. The Balaban J connectivity index is 1.43. The normalized spacial score (nSPS) is 11.0. The number of hydrogen-bond acceptors (Lipinski definition) is 4. The van der Waals surface area contributed by atoms with E-state index in [4.69, 9.17) is 9.47 Å². The molecule has 0 saturated carbocycles. The van der Waals surface area contributed by atoms with Crippen LogP contribution in [-0.4, -0.2) is 35.3 Å². The number of ether oxygens (including phenoxy) is 2. The summed E-state index contributed by atoms with van der Waals surface area (Å²) in [6, 6.07) is 22.6. The highest BCUT2D eigenvalue weighted by atomic mass is 16.5. The van der Waals surface area contributed by atoms with Crippen LogP contribution in [0.3, 0.4) is 0 Å². The summed E-state index contributed by atoms with van der Waals surface area (Å²) in [6.45, 7) is 2.98. The lowest BCUT2D eigenvalue weighted by Gasteiger charge is -2.10. The van der Waals surface area contributed by atoms with Crippen molar-refractivity contribution in [2.45, 2.75) is 26.4 Å². The molecule has 3 aromatic carbocycles. The number of rotatable bonds is 9. The highest BCUT2D eigenvalue weighted by molar-refractivity contribution is 6.04. The first kappa shape index (κ1) is 23.3. The van der Waals surface area contributed by atoms with Gasteiger partial charge in [-0.05, 0) is 60.0 Å². The van der Waals surface area contributed by atoms with Gasteiger partial charge in [0.25, 0.3) is 5.91 Å². The molecule has 0 aliphatic rings. The minimum absolute atomic E-state index is 0.0850. The second kappa shape index (κ2) is 10.4. The molecule has 0 saturated heterocycles. The number of fused-ring (bicyclic) bond motifs is 1. The first-order valence-electron chi connectivity index (χ1n) is 11.1. The maximum Gasteiger partial charge on any atom is 0.307 e. The van der Waals surface area contributed by atoms with Crippen LogP contribution in [0.15, 0.2) is 72.8 Å². The smallest absolute Gasteiger partial charge is 0.307 e. The fourth-order valence-electron chi connectivity index (χ4n) is 4.09. The molecule has 4 aromatic rings. The van der Waals surface area contributed by atoms with Crippen molar-refractivity contribution < 1.29 is 24.2 Å². The number of benzene rings is 3. The number of aryl methyl sites for hydroxylation is 1. The number of carboxylic acid groups (broad SMARTS) is 1. The molecule has 6 heteroatoms. The lowest BCUT2D eigenvalue weighted by atomic mass is 10.1. The van der Waals surface area contributed by atoms with Crippen LogP contribution in [0.1, 0.15) is 32.7 Å². The number of hydrogen-bond donors (Lipinski definition) is 1. The van der Waals surface area contributed by atoms with Gasteiger partial charge in [0.15, 0.2) is 0 Å². The zero-order chi connectivity index (χ0) is 24.1. The second-order valence-electron chi connectivity index (χ2n) is 8.22. The van der Waals surface area contributed by atoms with E-state index in [-0.39, 0.29) is 12.3 Å². The summed E-state index contributed by atoms with van der Waals surface area (Å²) < 4.78 is 12.6. The van der Waals surface area contributed by atoms with Gasteiger partial charge in [-0.25, -0.2) is 0 Å². The molecule has 34 heavy (non-hydrogen) atoms. The van der Waals surface area contributed by atoms with Gasteiger partial charge in [-0.2, -0.15) is 0 Å². The molecule has 0 bridgehead atoms. The fraction of sp³-hybridized carbons (Fsp3) is 0.214. The first-order chi connectivity index (χ1) is 16.5. The van der Waals surface area contributed by atoms with Gasteiger partial charge in [0, 0.05) is 30.2 Å². The van der Waals surface area contributed by atoms with Crippen molar-refractivity contribution in [3.05, 3.63) is 101 Å². The molecule has 6 nitrogen and oxygen atoms in total. The Morgan fingerprint density at radius 3 is 2.32 bits per heavy atom. The highest BCUT2D eigenvalue weighted by Gasteiger charge is 2.17. The third kappa shape index (κ3) is 5.18. The number of methoxy groups -OCH3 is 1. The van der Waals surface area contributed by atoms with Crippen LogP contribution in [0.4, 0.5) is 0 Å². The highest BCUT2D eigenvalue weighted by Crippen LogP contribution is 2.25. The van der Waals surface area contributed by atoms with Crippen LogP contribution in [0.25, 0.3) is 10.9 Å². The van der Waals surface area contributed by atoms with Crippen molar-refractivity contribution in [2.75, 3.05) is 13.7 Å². The Morgan fingerprint density at radius 1 is 0.941 bits per heavy atom. The third-order valence-electron chi connectivity index (χ3n) is 5.76. The lowest BCUT2D eigenvalue weighted by Crippen LogP contribution is -2.13. The number of carbonyl (C=O) groups is 2. The molecule has 0 aliphatic heterocycles. The van der Waals surface area contributed by atoms with Gasteiger partial charge in [-0.3, -0.25) is 14.2 Å². The van der Waals surface area contributed by atoms with Crippen molar-refractivity contribution in [1.82, 2.24) is 4.57 Å². The van der Waals surface area contributed by atoms with E-state index in [1.54, 1.807) is 48.1 Å². The minimum Gasteiger partial charge on any atom is -0.493 e. The van der Waals surface area contributed by atoms with Gasteiger partial charge in [0.2, 0.25) is 0 Å². The zero-order valence-electron chi connectivity index (χ0n) is 19.3. The summed E-state index contributed by atoms with van der Waals surface area (Å²) in [6.07, 6.45) is 0.694. The molecular weight excluding hydrogens is 430 g/mol. The van der Waals surface area contributed by atoms with Crippen molar-refractivity contribution in [2.24, 2.45) is 0 Å². The molecular formula is C28H27NO5. The maximum atomic E-state index is 13.3. The van der Waals surface area contributed by atoms with E-state index in [0.717, 1.165) is 23.1 Å². The topological polar surface area (TPSA) is 77.8 Å². The lowest BCUT2D eigenvalue weighted by molar-refractivity contribution is -0.136. The molecule has 1 N–H and O–H groups in total. The molecule has 0 spiro atoms. The third-order valence-corrected chi connectivity index (χ3v) is 5.76. The van der Waals surface area contributed by atoms with Gasteiger partial charge >= 0.3 is 5.97 Å². The SMILES string of the molecule is COCc1ccc(CCOc2ccc(C(=O)n3c(C)cc4c(CC(=O)O)cccc43)cc2)cc1. The molecule has 1 aromatic heterocycles. The molecule has 0 unspecified atom stereocenters. The zero-order valence-corrected chi connectivity index (χ0v) is 19.3. The van der Waals surface area contributed by atoms with E-state index < -0.39 is 5.97 Å². The number of carboxylic acids is 1. The number of carbonyl (C=O) groups excluding carboxylic acids is 1. The molecule has 0 fully saturated rings. The molecule has 174 valence electrons. The van der Waals surface area contributed by atoms with Crippen LogP contribution in [-0.2, 0) is 29.0 Å². The van der Waals surface area contributed by atoms with Crippen LogP contribution >= 0.6 is 0 Å². The Labute approximate surface area is 198 Å². The Bertz CT molecular complexity index is 1300. The van der Waals surface area contributed by atoms with Crippen LogP contribution in [0, 0.1) is 6.92 Å². The Kier molecular flexibility index (Phi) is 7.09. The summed E-state index contributed by atoms with van der Waals surface area (Å²) in [5.41, 5.74) is 5.01. The predicted octanol–water partition coefficient (Wildman–Crippen LogP) is 5.03. The molecule has 0 radical (unpaired) electrons. The first-order valence-corrected chi connectivity index (χ1v) is 11.1. The maximum absolute atomic E-state index is 13.3. The fourth-order valence-corrected chi connectivity index (χ4v) is 4.09. The molecule has 0 aliphatic carbocycles. The van der Waals surface area contributed by atoms with E-state index in [2.05, 4.69) is 24.3 Å². The van der Waals surface area contributed by atoms with E-state index in [9.17, 15) is 14.7 Å². The second-order valence-corrected chi connectivity index (χ2v) is 8.22. The summed E-state index contributed by atoms with van der Waals surface area (Å²) in [5.74, 6) is -0.365. The number of nitrogens with zero attached hydrogens (tertiary/aromatic N) is 1. The van der Waals surface area contributed by atoms with Crippen LogP contribution in [0.2, 0.25) is 0 Å². The van der Waals surface area contributed by atoms with Crippen LogP contribution in [0.5, 0.6) is 5.75 Å². The molecule has 4 rings (SSSR count). The van der Waals surface area contributed by atoms with E-state index in [1.165, 1.54) is 5.56 Å². The standard InChI is InChI=1S/C28H27NO5/c1-19-16-25-23(17-27(30)31)4-3-5-26(25)29(19)28(32)22-10-12-24(13-11-22)34-15-14-20-6-8-21(9-7-20)18-33-2/h3-13,16H,14-15,17-18H2,1-2H3,(H,30,31). The summed E-state index contributed by atoms with van der Waals surface area (Å²) >= 11 is 0.